The third-order valence-electron chi connectivity index (χ3n) is 6.49. The Kier molecular flexibility index (Phi) is 4.18. The highest BCUT2D eigenvalue weighted by molar-refractivity contribution is 6.00. The summed E-state index contributed by atoms with van der Waals surface area (Å²) in [5.74, 6) is 0.673. The Balaban J connectivity index is 2.21. The Morgan fingerprint density at radius 2 is 2.04 bits per heavy atom. The van der Waals surface area contributed by atoms with Crippen LogP contribution in [0.3, 0.4) is 0 Å². The second kappa shape index (κ2) is 5.91. The molecule has 0 aromatic heterocycles. The molecule has 2 unspecified atom stereocenters. The van der Waals surface area contributed by atoms with E-state index in [2.05, 4.69) is 6.92 Å². The van der Waals surface area contributed by atoms with Gasteiger partial charge < -0.3 is 9.47 Å². The lowest BCUT2D eigenvalue weighted by molar-refractivity contribution is -0.161. The monoisotopic (exact) mass is 330 g/mol. The molecule has 0 aliphatic heterocycles. The van der Waals surface area contributed by atoms with Gasteiger partial charge in [0.2, 0.25) is 0 Å². The molecule has 0 N–H and O–H groups in total. The van der Waals surface area contributed by atoms with Gasteiger partial charge in [-0.15, -0.1) is 0 Å². The van der Waals surface area contributed by atoms with Crippen molar-refractivity contribution in [2.45, 2.75) is 51.4 Å². The second-order valence-corrected chi connectivity index (χ2v) is 7.36. The smallest absolute Gasteiger partial charge is 0.311 e. The molecule has 130 valence electrons. The highest BCUT2D eigenvalue weighted by atomic mass is 16.5. The van der Waals surface area contributed by atoms with Gasteiger partial charge in [0.1, 0.15) is 5.75 Å². The Labute approximate surface area is 143 Å². The van der Waals surface area contributed by atoms with Crippen LogP contribution in [-0.4, -0.2) is 26.0 Å². The molecular weight excluding hydrogens is 304 g/mol. The number of carbonyl (C=O) groups excluding carboxylic acids is 2. The van der Waals surface area contributed by atoms with Gasteiger partial charge in [0.05, 0.1) is 19.6 Å². The molecular formula is C20H26O4. The number of methoxy groups -OCH3 is 2. The number of fused-ring (bicyclic) bond motifs is 3. The van der Waals surface area contributed by atoms with Crippen LogP contribution in [0.25, 0.3) is 0 Å². The molecule has 0 bridgehead atoms. The number of ether oxygens (including phenoxy) is 2. The van der Waals surface area contributed by atoms with Crippen LogP contribution in [0.2, 0.25) is 0 Å². The maximum absolute atomic E-state index is 12.8. The van der Waals surface area contributed by atoms with Crippen LogP contribution in [0, 0.1) is 11.3 Å². The number of carbonyl (C=O) groups is 2. The zero-order valence-electron chi connectivity index (χ0n) is 15.0. The van der Waals surface area contributed by atoms with Crippen molar-refractivity contribution in [2.75, 3.05) is 14.2 Å². The fraction of sp³-hybridized carbons (Fsp3) is 0.600. The minimum Gasteiger partial charge on any atom is -0.497 e. The standard InChI is InChI=1S/C20H26O4/c1-5-20-10-6-9-19(2,18(22)24-4)17(20)12-16(21)14-8-7-13(23-3)11-15(14)20/h7-8,11,17H,5-6,9-10,12H2,1-4H3/t17-,19?,20?/m0/s1. The third kappa shape index (κ3) is 2.19. The lowest BCUT2D eigenvalue weighted by Crippen LogP contribution is -2.54. The van der Waals surface area contributed by atoms with Gasteiger partial charge in [-0.05, 0) is 55.9 Å². The van der Waals surface area contributed by atoms with Gasteiger partial charge in [-0.25, -0.2) is 0 Å². The lowest BCUT2D eigenvalue weighted by Gasteiger charge is -2.54. The number of benzene rings is 1. The summed E-state index contributed by atoms with van der Waals surface area (Å²) < 4.78 is 10.5. The summed E-state index contributed by atoms with van der Waals surface area (Å²) >= 11 is 0. The first-order chi connectivity index (χ1) is 11.4. The highest BCUT2D eigenvalue weighted by Gasteiger charge is 2.58. The first-order valence-corrected chi connectivity index (χ1v) is 8.73. The van der Waals surface area contributed by atoms with E-state index < -0.39 is 5.41 Å². The number of rotatable bonds is 3. The molecule has 0 radical (unpaired) electrons. The Hall–Kier alpha value is -1.84. The topological polar surface area (TPSA) is 52.6 Å². The van der Waals surface area contributed by atoms with Crippen LogP contribution in [0.4, 0.5) is 0 Å². The quantitative estimate of drug-likeness (QED) is 0.789. The molecule has 3 rings (SSSR count). The molecule has 4 heteroatoms. The Morgan fingerprint density at radius 3 is 2.67 bits per heavy atom. The molecule has 1 saturated carbocycles. The van der Waals surface area contributed by atoms with Crippen LogP contribution in [0.15, 0.2) is 18.2 Å². The second-order valence-electron chi connectivity index (χ2n) is 7.36. The molecule has 0 saturated heterocycles. The van der Waals surface area contributed by atoms with E-state index in [1.807, 2.05) is 25.1 Å². The largest absolute Gasteiger partial charge is 0.497 e. The van der Waals surface area contributed by atoms with Crippen molar-refractivity contribution < 1.29 is 19.1 Å². The number of hydrogen-bond acceptors (Lipinski definition) is 4. The van der Waals surface area contributed by atoms with E-state index in [0.717, 1.165) is 42.6 Å². The zero-order valence-corrected chi connectivity index (χ0v) is 15.0. The van der Waals surface area contributed by atoms with Crippen molar-refractivity contribution in [2.24, 2.45) is 11.3 Å². The normalized spacial score (nSPS) is 31.8. The average molecular weight is 330 g/mol. The lowest BCUT2D eigenvalue weighted by atomic mass is 9.48. The van der Waals surface area contributed by atoms with Crippen LogP contribution < -0.4 is 4.74 Å². The molecule has 0 amide bonds. The van der Waals surface area contributed by atoms with Gasteiger partial charge in [0, 0.05) is 17.4 Å². The molecule has 4 nitrogen and oxygen atoms in total. The van der Waals surface area contributed by atoms with Crippen molar-refractivity contribution >= 4 is 11.8 Å². The Bertz CT molecular complexity index is 680. The summed E-state index contributed by atoms with van der Waals surface area (Å²) in [6.07, 6.45) is 4.05. The van der Waals surface area contributed by atoms with E-state index in [9.17, 15) is 9.59 Å². The third-order valence-corrected chi connectivity index (χ3v) is 6.49. The molecule has 1 aromatic rings. The number of ketones is 1. The molecule has 1 fully saturated rings. The summed E-state index contributed by atoms with van der Waals surface area (Å²) in [4.78, 5) is 25.4. The van der Waals surface area contributed by atoms with Gasteiger partial charge in [0.25, 0.3) is 0 Å². The summed E-state index contributed by atoms with van der Waals surface area (Å²) in [5, 5.41) is 0. The predicted octanol–water partition coefficient (Wildman–Crippen LogP) is 3.91. The molecule has 2 aliphatic rings. The number of hydrogen-bond donors (Lipinski definition) is 0. The predicted molar refractivity (Wildman–Crippen MR) is 91.4 cm³/mol. The highest BCUT2D eigenvalue weighted by Crippen LogP contribution is 2.59. The molecule has 3 atom stereocenters. The number of Topliss-reactive ketones (excluding diaryl/α,β-unsaturated/α-hetero) is 1. The van der Waals surface area contributed by atoms with Crippen LogP contribution in [-0.2, 0) is 14.9 Å². The molecule has 24 heavy (non-hydrogen) atoms. The molecule has 1 aromatic carbocycles. The van der Waals surface area contributed by atoms with Crippen LogP contribution in [0.5, 0.6) is 5.75 Å². The van der Waals surface area contributed by atoms with E-state index in [-0.39, 0.29) is 23.1 Å². The van der Waals surface area contributed by atoms with E-state index in [1.54, 1.807) is 7.11 Å². The maximum atomic E-state index is 12.8. The number of esters is 1. The van der Waals surface area contributed by atoms with Gasteiger partial charge >= 0.3 is 5.97 Å². The van der Waals surface area contributed by atoms with E-state index in [1.165, 1.54) is 7.11 Å². The first-order valence-electron chi connectivity index (χ1n) is 8.73. The average Bonchev–Trinajstić information content (AvgIpc) is 2.61. The maximum Gasteiger partial charge on any atom is 0.311 e. The molecule has 0 heterocycles. The fourth-order valence-electron chi connectivity index (χ4n) is 5.16. The zero-order chi connectivity index (χ0) is 17.5. The van der Waals surface area contributed by atoms with E-state index >= 15 is 0 Å². The van der Waals surface area contributed by atoms with Crippen molar-refractivity contribution in [1.29, 1.82) is 0 Å². The Morgan fingerprint density at radius 1 is 1.29 bits per heavy atom. The van der Waals surface area contributed by atoms with Gasteiger partial charge in [-0.1, -0.05) is 13.3 Å². The molecule has 2 aliphatic carbocycles. The van der Waals surface area contributed by atoms with Gasteiger partial charge in [0.15, 0.2) is 5.78 Å². The SMILES string of the molecule is CCC12CCCC(C)(C(=O)OC)[C@@H]1CC(=O)c1ccc(OC)cc12. The van der Waals surface area contributed by atoms with E-state index in [0.29, 0.717) is 6.42 Å². The molecule has 0 spiro atoms. The van der Waals surface area contributed by atoms with Crippen molar-refractivity contribution in [3.05, 3.63) is 29.3 Å². The van der Waals surface area contributed by atoms with Gasteiger partial charge in [-0.3, -0.25) is 9.59 Å². The van der Waals surface area contributed by atoms with Crippen molar-refractivity contribution in [1.82, 2.24) is 0 Å². The van der Waals surface area contributed by atoms with Crippen LogP contribution in [0.1, 0.15) is 61.9 Å². The summed E-state index contributed by atoms with van der Waals surface area (Å²) in [5.41, 5.74) is 1.07. The summed E-state index contributed by atoms with van der Waals surface area (Å²) in [6.45, 7) is 4.14. The summed E-state index contributed by atoms with van der Waals surface area (Å²) in [7, 11) is 3.08. The van der Waals surface area contributed by atoms with Crippen molar-refractivity contribution in [3.63, 3.8) is 0 Å². The minimum atomic E-state index is -0.612. The van der Waals surface area contributed by atoms with Crippen molar-refractivity contribution in [3.8, 4) is 5.75 Å². The summed E-state index contributed by atoms with van der Waals surface area (Å²) in [6, 6.07) is 5.74. The van der Waals surface area contributed by atoms with Gasteiger partial charge in [-0.2, -0.15) is 0 Å². The fourth-order valence-corrected chi connectivity index (χ4v) is 5.16. The van der Waals surface area contributed by atoms with Crippen LogP contribution >= 0.6 is 0 Å². The minimum absolute atomic E-state index is 0.0247. The van der Waals surface area contributed by atoms with E-state index in [4.69, 9.17) is 9.47 Å². The first kappa shape index (κ1) is 17.0.